The van der Waals surface area contributed by atoms with E-state index in [9.17, 15) is 74.6 Å². The van der Waals surface area contributed by atoms with Crippen molar-refractivity contribution >= 4 is 0 Å². The summed E-state index contributed by atoms with van der Waals surface area (Å²) in [6.07, 6.45) is -43.5. The van der Waals surface area contributed by atoms with Crippen molar-refractivity contribution < 1.29 is 79.4 Å². The van der Waals surface area contributed by atoms with Gasteiger partial charge in [0.15, 0.2) is 6.04 Å². The first kappa shape index (κ1) is 27.8. The summed E-state index contributed by atoms with van der Waals surface area (Å²) in [5, 5.41) is 0. The summed E-state index contributed by atoms with van der Waals surface area (Å²) < 4.78 is 222. The normalized spacial score (nSPS) is 24.6. The van der Waals surface area contributed by atoms with Crippen molar-refractivity contribution in [3.8, 4) is 0 Å². The average Bonchev–Trinajstić information content (AvgIpc) is 2.98. The first-order valence-corrected chi connectivity index (χ1v) is 7.47. The Morgan fingerprint density at radius 1 is 0.581 bits per heavy atom. The quantitative estimate of drug-likeness (QED) is 0.337. The molecule has 4 atom stereocenters. The average molecular weight is 505 g/mol. The number of alkyl halides is 17. The van der Waals surface area contributed by atoms with E-state index in [0.29, 0.717) is 0 Å². The zero-order valence-electron chi connectivity index (χ0n) is 14.0. The summed E-state index contributed by atoms with van der Waals surface area (Å²) in [7, 11) is 0. The minimum absolute atomic E-state index is 1.73. The van der Waals surface area contributed by atoms with Crippen molar-refractivity contribution in [1.82, 2.24) is 4.90 Å². The smallest absolute Gasteiger partial charge is 0.362 e. The summed E-state index contributed by atoms with van der Waals surface area (Å²) >= 11 is 0. The van der Waals surface area contributed by atoms with Gasteiger partial charge in [-0.25, -0.2) is 22.0 Å². The third-order valence-corrected chi connectivity index (χ3v) is 3.98. The molecule has 0 aromatic heterocycles. The first-order valence-electron chi connectivity index (χ1n) is 7.47. The summed E-state index contributed by atoms with van der Waals surface area (Å²) in [5.74, 6) is -12.0. The van der Waals surface area contributed by atoms with Gasteiger partial charge in [-0.3, -0.25) is 0 Å². The van der Waals surface area contributed by atoms with E-state index < -0.39 is 79.0 Å². The summed E-state index contributed by atoms with van der Waals surface area (Å²) in [6.45, 7) is 0. The Morgan fingerprint density at radius 3 is 1.23 bits per heavy atom. The third-order valence-electron chi connectivity index (χ3n) is 3.98. The van der Waals surface area contributed by atoms with Crippen molar-refractivity contribution in [1.29, 1.82) is 0 Å². The minimum atomic E-state index is -7.11. The van der Waals surface area contributed by atoms with Crippen molar-refractivity contribution in [3.63, 3.8) is 0 Å². The SMILES string of the molecule is FC(C(F)(F)F)C(F)(F)C1CCC(C(F)(F)C(N(C(F)(F)F)C(F)(F)F)C(F)(F)F)O1. The van der Waals surface area contributed by atoms with Crippen LogP contribution in [-0.2, 0) is 4.74 Å². The van der Waals surface area contributed by atoms with Gasteiger partial charge in [0.25, 0.3) is 12.1 Å². The molecule has 0 amide bonds. The highest BCUT2D eigenvalue weighted by molar-refractivity contribution is 5.02. The number of nitrogens with zero attached hydrogens (tertiary/aromatic N) is 1. The summed E-state index contributed by atoms with van der Waals surface area (Å²) in [5.41, 5.74) is 0. The van der Waals surface area contributed by atoms with Gasteiger partial charge < -0.3 is 4.74 Å². The Hall–Kier alpha value is -1.27. The zero-order chi connectivity index (χ0) is 25.0. The van der Waals surface area contributed by atoms with Gasteiger partial charge in [-0.15, -0.1) is 4.90 Å². The largest absolute Gasteiger partial charge is 0.467 e. The Kier molecular flexibility index (Phi) is 7.12. The number of rotatable bonds is 5. The van der Waals surface area contributed by atoms with Gasteiger partial charge in [-0.2, -0.15) is 52.7 Å². The van der Waals surface area contributed by atoms with Crippen LogP contribution in [0.25, 0.3) is 0 Å². The number of halogens is 17. The molecule has 31 heavy (non-hydrogen) atoms. The number of hydrogen-bond donors (Lipinski definition) is 0. The fourth-order valence-electron chi connectivity index (χ4n) is 2.73. The Labute approximate surface area is 159 Å². The third kappa shape index (κ3) is 5.75. The van der Waals surface area contributed by atoms with Gasteiger partial charge in [0.2, 0.25) is 0 Å². The molecule has 0 saturated carbocycles. The molecule has 1 aliphatic rings. The van der Waals surface area contributed by atoms with E-state index in [2.05, 4.69) is 4.74 Å². The van der Waals surface area contributed by atoms with Crippen LogP contribution >= 0.6 is 0 Å². The van der Waals surface area contributed by atoms with E-state index in [4.69, 9.17) is 0 Å². The fraction of sp³-hybridized carbons (Fsp3) is 1.00. The highest BCUT2D eigenvalue weighted by Gasteiger charge is 2.74. The molecule has 0 N–H and O–H groups in total. The summed E-state index contributed by atoms with van der Waals surface area (Å²) in [6, 6.07) is -5.75. The van der Waals surface area contributed by atoms with E-state index in [1.54, 1.807) is 0 Å². The lowest BCUT2D eigenvalue weighted by molar-refractivity contribution is -0.431. The molecule has 2 nitrogen and oxygen atoms in total. The zero-order valence-corrected chi connectivity index (χ0v) is 14.0. The Bertz CT molecular complexity index is 603. The van der Waals surface area contributed by atoms with E-state index in [1.807, 2.05) is 0 Å². The minimum Gasteiger partial charge on any atom is -0.362 e. The predicted molar refractivity (Wildman–Crippen MR) is 62.5 cm³/mol. The van der Waals surface area contributed by atoms with Crippen molar-refractivity contribution in [2.75, 3.05) is 0 Å². The van der Waals surface area contributed by atoms with E-state index in [-0.39, 0.29) is 0 Å². The molecule has 0 spiro atoms. The van der Waals surface area contributed by atoms with Gasteiger partial charge in [0.05, 0.1) is 0 Å². The molecule has 1 saturated heterocycles. The topological polar surface area (TPSA) is 12.5 Å². The second kappa shape index (κ2) is 7.95. The maximum Gasteiger partial charge on any atom is 0.467 e. The van der Waals surface area contributed by atoms with Crippen molar-refractivity contribution in [2.24, 2.45) is 0 Å². The van der Waals surface area contributed by atoms with Gasteiger partial charge in [0.1, 0.15) is 12.2 Å². The molecule has 0 aromatic rings. The molecular weight excluding hydrogens is 497 g/mol. The van der Waals surface area contributed by atoms with Crippen LogP contribution < -0.4 is 0 Å². The molecule has 0 radical (unpaired) electrons. The molecule has 0 aliphatic carbocycles. The van der Waals surface area contributed by atoms with Crippen molar-refractivity contribution in [3.05, 3.63) is 0 Å². The van der Waals surface area contributed by atoms with Crippen LogP contribution in [0.15, 0.2) is 0 Å². The lowest BCUT2D eigenvalue weighted by Crippen LogP contribution is -2.67. The molecule has 1 rings (SSSR count). The second-order valence-corrected chi connectivity index (χ2v) is 6.19. The standard InChI is InChI=1S/C12H8F17NO/c13-5(9(18,19)20)7(14,15)3-1-2-4(31-3)8(16,17)6(10(21,22)23)30(11(24,25)26)12(27,28)29/h3-6H,1-2H2. The van der Waals surface area contributed by atoms with E-state index in [1.165, 1.54) is 0 Å². The van der Waals surface area contributed by atoms with Gasteiger partial charge in [-0.1, -0.05) is 0 Å². The molecule has 0 aromatic carbocycles. The molecule has 186 valence electrons. The molecule has 19 heteroatoms. The molecule has 1 heterocycles. The number of ether oxygens (including phenoxy) is 1. The van der Waals surface area contributed by atoms with Crippen LogP contribution in [0.1, 0.15) is 12.8 Å². The van der Waals surface area contributed by atoms with Gasteiger partial charge in [0, 0.05) is 0 Å². The van der Waals surface area contributed by atoms with Crippen LogP contribution in [0.3, 0.4) is 0 Å². The van der Waals surface area contributed by atoms with Crippen LogP contribution in [-0.4, -0.2) is 66.1 Å². The molecule has 4 unspecified atom stereocenters. The van der Waals surface area contributed by atoms with Crippen LogP contribution in [0.4, 0.5) is 74.6 Å². The van der Waals surface area contributed by atoms with Gasteiger partial charge in [-0.05, 0) is 12.8 Å². The first-order chi connectivity index (χ1) is 13.4. The predicted octanol–water partition coefficient (Wildman–Crippen LogP) is 5.98. The Morgan fingerprint density at radius 2 is 0.935 bits per heavy atom. The summed E-state index contributed by atoms with van der Waals surface area (Å²) in [4.78, 5) is -3.54. The van der Waals surface area contributed by atoms with Crippen LogP contribution in [0.5, 0.6) is 0 Å². The maximum atomic E-state index is 14.1. The van der Waals surface area contributed by atoms with Crippen LogP contribution in [0, 0.1) is 0 Å². The van der Waals surface area contributed by atoms with Gasteiger partial charge >= 0.3 is 30.9 Å². The molecule has 1 aliphatic heterocycles. The lowest BCUT2D eigenvalue weighted by Gasteiger charge is -2.40. The molecule has 1 fully saturated rings. The lowest BCUT2D eigenvalue weighted by atomic mass is 9.98. The van der Waals surface area contributed by atoms with Crippen LogP contribution in [0.2, 0.25) is 0 Å². The van der Waals surface area contributed by atoms with Crippen molar-refractivity contribution in [2.45, 2.75) is 74.1 Å². The monoisotopic (exact) mass is 505 g/mol. The highest BCUT2D eigenvalue weighted by Crippen LogP contribution is 2.51. The molecule has 0 bridgehead atoms. The van der Waals surface area contributed by atoms with E-state index in [0.717, 1.165) is 0 Å². The highest BCUT2D eigenvalue weighted by atomic mass is 19.4. The van der Waals surface area contributed by atoms with E-state index >= 15 is 0 Å². The fourth-order valence-corrected chi connectivity index (χ4v) is 2.73. The maximum absolute atomic E-state index is 14.1. The molecular formula is C12H8F17NO. The number of hydrogen-bond acceptors (Lipinski definition) is 2. The Balaban J connectivity index is 3.36. The second-order valence-electron chi connectivity index (χ2n) is 6.19.